The molecule has 0 radical (unpaired) electrons. The quantitative estimate of drug-likeness (QED) is 0.0621. The molecular weight excluding hydrogens is 851 g/mol. The highest BCUT2D eigenvalue weighted by atomic mass is 32.1. The van der Waals surface area contributed by atoms with E-state index in [2.05, 4.69) is 36.6 Å². The van der Waals surface area contributed by atoms with Crippen molar-refractivity contribution in [3.05, 3.63) is 113 Å². The predicted octanol–water partition coefficient (Wildman–Crippen LogP) is 5.09. The zero-order valence-electron chi connectivity index (χ0n) is 38.6. The Kier molecular flexibility index (Phi) is 19.2. The van der Waals surface area contributed by atoms with Crippen LogP contribution in [0.3, 0.4) is 0 Å². The van der Waals surface area contributed by atoms with E-state index in [0.717, 1.165) is 11.1 Å². The van der Waals surface area contributed by atoms with Gasteiger partial charge in [-0.25, -0.2) is 19.4 Å². The zero-order chi connectivity index (χ0) is 47.8. The Morgan fingerprint density at radius 2 is 1.11 bits per heavy atom. The summed E-state index contributed by atoms with van der Waals surface area (Å²) >= 11 is 1.17. The van der Waals surface area contributed by atoms with E-state index in [0.29, 0.717) is 16.5 Å². The number of benzene rings is 2. The fraction of sp³-hybridized carbons (Fsp3) is 0.468. The van der Waals surface area contributed by atoms with Gasteiger partial charge in [0.2, 0.25) is 11.8 Å². The van der Waals surface area contributed by atoms with Crippen LogP contribution in [0.15, 0.2) is 90.4 Å². The molecule has 0 aliphatic rings. The Balaban J connectivity index is 1.52. The van der Waals surface area contributed by atoms with E-state index in [-0.39, 0.29) is 31.8 Å². The number of amides is 7. The van der Waals surface area contributed by atoms with Crippen LogP contribution in [0.2, 0.25) is 0 Å². The highest BCUT2D eigenvalue weighted by Crippen LogP contribution is 2.20. The van der Waals surface area contributed by atoms with Gasteiger partial charge in [-0.15, -0.1) is 11.3 Å². The third-order valence-corrected chi connectivity index (χ3v) is 11.1. The summed E-state index contributed by atoms with van der Waals surface area (Å²) in [4.78, 5) is 78.8. The molecule has 17 nitrogen and oxygen atoms in total. The highest BCUT2D eigenvalue weighted by molar-refractivity contribution is 7.13. The van der Waals surface area contributed by atoms with E-state index in [9.17, 15) is 34.2 Å². The van der Waals surface area contributed by atoms with Crippen LogP contribution in [-0.2, 0) is 40.3 Å². The molecule has 0 saturated heterocycles. The molecule has 0 spiro atoms. The number of pyridine rings is 1. The first kappa shape index (κ1) is 51.5. The Labute approximate surface area is 385 Å². The molecule has 18 heteroatoms. The van der Waals surface area contributed by atoms with Crippen molar-refractivity contribution in [2.45, 2.75) is 116 Å². The number of ether oxygens (including phenoxy) is 1. The zero-order valence-corrected chi connectivity index (χ0v) is 39.5. The van der Waals surface area contributed by atoms with Crippen molar-refractivity contribution in [1.29, 1.82) is 0 Å². The molecule has 7 N–H and O–H groups in total. The predicted molar refractivity (Wildman–Crippen MR) is 250 cm³/mol. The molecule has 4 aromatic rings. The minimum atomic E-state index is -1.64. The van der Waals surface area contributed by atoms with Crippen molar-refractivity contribution in [3.8, 4) is 0 Å². The second kappa shape index (κ2) is 24.3. The number of thiazole rings is 1. The van der Waals surface area contributed by atoms with Crippen molar-refractivity contribution in [3.63, 3.8) is 0 Å². The van der Waals surface area contributed by atoms with Gasteiger partial charge in [0.15, 0.2) is 5.13 Å². The first-order chi connectivity index (χ1) is 30.7. The van der Waals surface area contributed by atoms with Crippen LogP contribution in [0, 0.1) is 11.8 Å². The standard InChI is InChI=1S/C47H65N9O8S/c1-29(2)37(52-44(61)55(8)26-33-22-16-17-23-48-33)41(59)50-35(24-31-18-12-10-13-19-31)39(57)40(58)36(25-32-20-14-11-15-21-32)51-42(60)38(30(3)4)53-45(62)56(9)27-34-28-65-43(49-34)54-46(63)64-47(5,6)7/h10-23,28-30,35-40,57-58H,24-27H2,1-9H3,(H,50,59)(H,51,60)(H,52,61)(H,53,62)(H,49,54,63)/t35-,36-,37-,38-,39+,40-/m0/s1. The summed E-state index contributed by atoms with van der Waals surface area (Å²) < 4.78 is 5.29. The van der Waals surface area contributed by atoms with Crippen molar-refractivity contribution in [2.75, 3.05) is 19.4 Å². The minimum Gasteiger partial charge on any atom is -0.444 e. The number of rotatable bonds is 20. The molecule has 2 aromatic carbocycles. The number of carbonyl (C=O) groups is 5. The van der Waals surface area contributed by atoms with Gasteiger partial charge in [-0.1, -0.05) is 94.4 Å². The molecule has 0 saturated carbocycles. The number of hydrogen-bond acceptors (Lipinski definition) is 11. The smallest absolute Gasteiger partial charge is 0.413 e. The maximum absolute atomic E-state index is 14.2. The number of nitrogens with zero attached hydrogens (tertiary/aromatic N) is 4. The highest BCUT2D eigenvalue weighted by Gasteiger charge is 2.38. The lowest BCUT2D eigenvalue weighted by molar-refractivity contribution is -0.129. The monoisotopic (exact) mass is 915 g/mol. The molecule has 7 amide bonds. The van der Waals surface area contributed by atoms with Gasteiger partial charge in [0.25, 0.3) is 0 Å². The number of carbonyl (C=O) groups excluding carboxylic acids is 5. The van der Waals surface area contributed by atoms with Crippen LogP contribution in [0.25, 0.3) is 0 Å². The molecule has 0 fully saturated rings. The number of nitrogens with one attached hydrogen (secondary N) is 5. The minimum absolute atomic E-state index is 0.0596. The van der Waals surface area contributed by atoms with Crippen LogP contribution in [0.1, 0.15) is 71.0 Å². The lowest BCUT2D eigenvalue weighted by Crippen LogP contribution is -2.62. The summed E-state index contributed by atoms with van der Waals surface area (Å²) in [6.07, 6.45) is -2.10. The summed E-state index contributed by atoms with van der Waals surface area (Å²) in [5.74, 6) is -1.95. The second-order valence-corrected chi connectivity index (χ2v) is 18.6. The Bertz CT molecular complexity index is 2140. The maximum Gasteiger partial charge on any atom is 0.413 e. The second-order valence-electron chi connectivity index (χ2n) is 17.7. The Morgan fingerprint density at radius 3 is 1.52 bits per heavy atom. The number of aliphatic hydroxyl groups is 2. The molecular formula is C47H65N9O8S. The number of hydrogen-bond donors (Lipinski definition) is 7. The van der Waals surface area contributed by atoms with Crippen molar-refractivity contribution in [1.82, 2.24) is 41.0 Å². The molecule has 6 atom stereocenters. The van der Waals surface area contributed by atoms with Crippen LogP contribution < -0.4 is 26.6 Å². The average Bonchev–Trinajstić information content (AvgIpc) is 3.69. The van der Waals surface area contributed by atoms with Gasteiger partial charge < -0.3 is 46.0 Å². The summed E-state index contributed by atoms with van der Waals surface area (Å²) in [7, 11) is 3.14. The fourth-order valence-corrected chi connectivity index (χ4v) is 7.46. The molecule has 0 unspecified atom stereocenters. The van der Waals surface area contributed by atoms with Crippen molar-refractivity contribution >= 4 is 46.4 Å². The molecule has 352 valence electrons. The SMILES string of the molecule is CC(C)[C@H](NC(=O)N(C)Cc1csc(NC(=O)OC(C)(C)C)n1)C(=O)N[C@@H](Cc1ccccc1)[C@H](O)[C@H](O)[C@H](Cc1ccccc1)NC(=O)[C@@H](NC(=O)N(C)Cc1ccccn1)C(C)C. The molecule has 0 aliphatic heterocycles. The van der Waals surface area contributed by atoms with Gasteiger partial charge >= 0.3 is 18.2 Å². The third-order valence-electron chi connectivity index (χ3n) is 10.3. The van der Waals surface area contributed by atoms with Gasteiger partial charge in [-0.3, -0.25) is 19.9 Å². The molecule has 0 bridgehead atoms. The van der Waals surface area contributed by atoms with E-state index >= 15 is 0 Å². The number of anilines is 1. The summed E-state index contributed by atoms with van der Waals surface area (Å²) in [5, 5.41) is 40.2. The van der Waals surface area contributed by atoms with Crippen molar-refractivity contribution in [2.24, 2.45) is 11.8 Å². The molecule has 0 aliphatic carbocycles. The van der Waals surface area contributed by atoms with Crippen LogP contribution in [-0.4, -0.2) is 116 Å². The third kappa shape index (κ3) is 16.8. The molecule has 4 rings (SSSR count). The van der Waals surface area contributed by atoms with Gasteiger partial charge in [-0.05, 0) is 68.7 Å². The van der Waals surface area contributed by atoms with E-state index in [1.165, 1.54) is 21.1 Å². The largest absolute Gasteiger partial charge is 0.444 e. The maximum atomic E-state index is 14.2. The normalized spacial score (nSPS) is 14.2. The van der Waals surface area contributed by atoms with E-state index < -0.39 is 77.9 Å². The number of aromatic nitrogens is 2. The van der Waals surface area contributed by atoms with Gasteiger partial charge in [0.1, 0.15) is 29.9 Å². The molecule has 2 heterocycles. The van der Waals surface area contributed by atoms with Crippen LogP contribution in [0.4, 0.5) is 19.5 Å². The Hall–Kier alpha value is -6.11. The van der Waals surface area contributed by atoms with Gasteiger partial charge in [0.05, 0.1) is 36.6 Å². The molecule has 2 aromatic heterocycles. The average molecular weight is 916 g/mol. The lowest BCUT2D eigenvalue weighted by atomic mass is 9.90. The van der Waals surface area contributed by atoms with E-state index in [4.69, 9.17) is 4.74 Å². The topological polar surface area (TPSA) is 227 Å². The Morgan fingerprint density at radius 1 is 0.662 bits per heavy atom. The fourth-order valence-electron chi connectivity index (χ4n) is 6.78. The van der Waals surface area contributed by atoms with E-state index in [1.54, 1.807) is 86.3 Å². The van der Waals surface area contributed by atoms with E-state index in [1.807, 2.05) is 66.7 Å². The number of aliphatic hydroxyl groups excluding tert-OH is 2. The van der Waals surface area contributed by atoms with Crippen LogP contribution >= 0.6 is 11.3 Å². The molecule has 65 heavy (non-hydrogen) atoms. The number of urea groups is 2. The van der Waals surface area contributed by atoms with Crippen LogP contribution in [0.5, 0.6) is 0 Å². The lowest BCUT2D eigenvalue weighted by Gasteiger charge is -2.35. The first-order valence-corrected chi connectivity index (χ1v) is 22.5. The summed E-state index contributed by atoms with van der Waals surface area (Å²) in [5.41, 5.74) is 1.98. The van der Waals surface area contributed by atoms with Gasteiger partial charge in [-0.2, -0.15) is 0 Å². The van der Waals surface area contributed by atoms with Crippen molar-refractivity contribution < 1.29 is 38.9 Å². The summed E-state index contributed by atoms with van der Waals surface area (Å²) in [6.45, 7) is 12.6. The summed E-state index contributed by atoms with van der Waals surface area (Å²) in [6, 6.07) is 18.3. The van der Waals surface area contributed by atoms with Gasteiger partial charge in [0, 0.05) is 25.7 Å². The first-order valence-electron chi connectivity index (χ1n) is 21.6.